The molecular formula is C13H17N5O3. The highest BCUT2D eigenvalue weighted by Gasteiger charge is 2.09. The smallest absolute Gasteiger partial charge is 0.305 e. The minimum atomic E-state index is -0.900. The molecule has 112 valence electrons. The van der Waals surface area contributed by atoms with Crippen LogP contribution in [0.25, 0.3) is 0 Å². The normalized spacial score (nSPS) is 10.5. The summed E-state index contributed by atoms with van der Waals surface area (Å²) in [6.07, 6.45) is 4.77. The molecule has 0 saturated carbocycles. The van der Waals surface area contributed by atoms with Crippen molar-refractivity contribution in [2.24, 2.45) is 0 Å². The maximum absolute atomic E-state index is 11.9. The number of hydrogen-bond acceptors (Lipinski definition) is 4. The number of nitrogens with one attached hydrogen (secondary N) is 1. The van der Waals surface area contributed by atoms with Crippen molar-refractivity contribution >= 4 is 11.9 Å². The number of amides is 1. The fourth-order valence-electron chi connectivity index (χ4n) is 1.76. The quantitative estimate of drug-likeness (QED) is 0.773. The molecule has 8 heteroatoms. The average Bonchev–Trinajstić information content (AvgIpc) is 3.11. The van der Waals surface area contributed by atoms with Gasteiger partial charge in [0.15, 0.2) is 0 Å². The number of aromatic nitrogens is 4. The summed E-state index contributed by atoms with van der Waals surface area (Å²) in [4.78, 5) is 22.4. The van der Waals surface area contributed by atoms with Crippen LogP contribution in [0.4, 0.5) is 0 Å². The van der Waals surface area contributed by atoms with Gasteiger partial charge in [0.05, 0.1) is 37.0 Å². The van der Waals surface area contributed by atoms with E-state index in [1.54, 1.807) is 4.68 Å². The van der Waals surface area contributed by atoms with Gasteiger partial charge in [-0.1, -0.05) is 0 Å². The molecule has 0 radical (unpaired) electrons. The lowest BCUT2D eigenvalue weighted by Gasteiger charge is -2.01. The van der Waals surface area contributed by atoms with Gasteiger partial charge in [-0.2, -0.15) is 10.2 Å². The molecule has 0 saturated heterocycles. The molecule has 2 N–H and O–H groups in total. The summed E-state index contributed by atoms with van der Waals surface area (Å²) in [6, 6.07) is 1.85. The Balaban J connectivity index is 1.86. The summed E-state index contributed by atoms with van der Waals surface area (Å²) in [5, 5.41) is 19.6. The Kier molecular flexibility index (Phi) is 4.70. The third kappa shape index (κ3) is 4.16. The van der Waals surface area contributed by atoms with Crippen LogP contribution < -0.4 is 5.32 Å². The van der Waals surface area contributed by atoms with Crippen molar-refractivity contribution < 1.29 is 14.7 Å². The molecule has 0 spiro atoms. The highest BCUT2D eigenvalue weighted by molar-refractivity contribution is 5.93. The molecule has 0 fully saturated rings. The van der Waals surface area contributed by atoms with Crippen molar-refractivity contribution in [1.29, 1.82) is 0 Å². The number of nitrogens with zero attached hydrogens (tertiary/aromatic N) is 4. The van der Waals surface area contributed by atoms with Gasteiger partial charge in [0.25, 0.3) is 5.91 Å². The van der Waals surface area contributed by atoms with Crippen LogP contribution in [0.3, 0.4) is 0 Å². The van der Waals surface area contributed by atoms with Gasteiger partial charge < -0.3 is 10.4 Å². The second kappa shape index (κ2) is 6.69. The first-order valence-corrected chi connectivity index (χ1v) is 6.63. The van der Waals surface area contributed by atoms with Crippen molar-refractivity contribution in [3.05, 3.63) is 35.9 Å². The molecular weight excluding hydrogens is 274 g/mol. The van der Waals surface area contributed by atoms with Crippen LogP contribution in [-0.4, -0.2) is 36.5 Å². The Morgan fingerprint density at radius 3 is 2.86 bits per heavy atom. The van der Waals surface area contributed by atoms with E-state index >= 15 is 0 Å². The van der Waals surface area contributed by atoms with Crippen LogP contribution in [0.1, 0.15) is 29.4 Å². The fraction of sp³-hybridized carbons (Fsp3) is 0.385. The van der Waals surface area contributed by atoms with Gasteiger partial charge in [-0.25, -0.2) is 0 Å². The molecule has 2 aromatic heterocycles. The lowest BCUT2D eigenvalue weighted by atomic mass is 10.3. The van der Waals surface area contributed by atoms with Crippen LogP contribution in [0.5, 0.6) is 0 Å². The highest BCUT2D eigenvalue weighted by Crippen LogP contribution is 2.01. The van der Waals surface area contributed by atoms with E-state index in [-0.39, 0.29) is 18.9 Å². The Morgan fingerprint density at radius 1 is 1.38 bits per heavy atom. The Morgan fingerprint density at radius 2 is 2.19 bits per heavy atom. The standard InChI is InChI=1S/C13H17N5O3/c1-2-17-5-3-11(16-17)8-14-13(21)10-7-15-18(9-10)6-4-12(19)20/h3,5,7,9H,2,4,6,8H2,1H3,(H,14,21)(H,19,20). The third-order valence-electron chi connectivity index (χ3n) is 2.90. The molecule has 0 aromatic carbocycles. The van der Waals surface area contributed by atoms with Gasteiger partial charge in [0.2, 0.25) is 0 Å². The summed E-state index contributed by atoms with van der Waals surface area (Å²) in [7, 11) is 0. The third-order valence-corrected chi connectivity index (χ3v) is 2.90. The topological polar surface area (TPSA) is 102 Å². The van der Waals surface area contributed by atoms with Gasteiger partial charge in [-0.05, 0) is 13.0 Å². The molecule has 0 unspecified atom stereocenters. The lowest BCUT2D eigenvalue weighted by molar-refractivity contribution is -0.137. The van der Waals surface area contributed by atoms with Gasteiger partial charge in [-0.15, -0.1) is 0 Å². The van der Waals surface area contributed by atoms with Gasteiger partial charge in [0.1, 0.15) is 0 Å². The van der Waals surface area contributed by atoms with E-state index in [4.69, 9.17) is 5.11 Å². The first kappa shape index (κ1) is 14.8. The van der Waals surface area contributed by atoms with E-state index in [1.165, 1.54) is 17.1 Å². The lowest BCUT2D eigenvalue weighted by Crippen LogP contribution is -2.22. The van der Waals surface area contributed by atoms with Gasteiger partial charge in [0, 0.05) is 18.9 Å². The summed E-state index contributed by atoms with van der Waals surface area (Å²) in [5.74, 6) is -1.16. The number of carboxylic acids is 1. The zero-order chi connectivity index (χ0) is 15.2. The van der Waals surface area contributed by atoms with Crippen molar-refractivity contribution in [3.63, 3.8) is 0 Å². The zero-order valence-electron chi connectivity index (χ0n) is 11.7. The van der Waals surface area contributed by atoms with E-state index in [1.807, 2.05) is 19.2 Å². The summed E-state index contributed by atoms with van der Waals surface area (Å²) in [5.41, 5.74) is 1.18. The van der Waals surface area contributed by atoms with Crippen LogP contribution in [0.2, 0.25) is 0 Å². The molecule has 0 aliphatic heterocycles. The average molecular weight is 291 g/mol. The summed E-state index contributed by atoms with van der Waals surface area (Å²) in [6.45, 7) is 3.35. The predicted octanol–water partition coefficient (Wildman–Crippen LogP) is 0.504. The number of aryl methyl sites for hydroxylation is 2. The largest absolute Gasteiger partial charge is 0.481 e. The SMILES string of the molecule is CCn1ccc(CNC(=O)c2cnn(CCC(=O)O)c2)n1. The summed E-state index contributed by atoms with van der Waals surface area (Å²) < 4.78 is 3.22. The Hall–Kier alpha value is -2.64. The van der Waals surface area contributed by atoms with Crippen LogP contribution in [0.15, 0.2) is 24.7 Å². The van der Waals surface area contributed by atoms with E-state index in [0.717, 1.165) is 12.2 Å². The second-order valence-corrected chi connectivity index (χ2v) is 4.48. The second-order valence-electron chi connectivity index (χ2n) is 4.48. The van der Waals surface area contributed by atoms with Crippen molar-refractivity contribution in [2.45, 2.75) is 33.0 Å². The molecule has 0 aliphatic carbocycles. The van der Waals surface area contributed by atoms with Crippen LogP contribution in [-0.2, 0) is 24.4 Å². The minimum Gasteiger partial charge on any atom is -0.481 e. The van der Waals surface area contributed by atoms with E-state index in [2.05, 4.69) is 15.5 Å². The number of carbonyl (C=O) groups is 2. The maximum atomic E-state index is 11.9. The van der Waals surface area contributed by atoms with Crippen molar-refractivity contribution in [3.8, 4) is 0 Å². The number of carbonyl (C=O) groups excluding carboxylic acids is 1. The number of hydrogen-bond donors (Lipinski definition) is 2. The van der Waals surface area contributed by atoms with E-state index in [9.17, 15) is 9.59 Å². The maximum Gasteiger partial charge on any atom is 0.305 e. The Labute approximate surface area is 121 Å². The van der Waals surface area contributed by atoms with Gasteiger partial charge in [-0.3, -0.25) is 19.0 Å². The molecule has 8 nitrogen and oxygen atoms in total. The molecule has 0 aliphatic rings. The number of carboxylic acid groups (broad SMARTS) is 1. The molecule has 2 heterocycles. The van der Waals surface area contributed by atoms with Crippen molar-refractivity contribution in [1.82, 2.24) is 24.9 Å². The molecule has 2 rings (SSSR count). The first-order valence-electron chi connectivity index (χ1n) is 6.63. The molecule has 0 atom stereocenters. The van der Waals surface area contributed by atoms with E-state index in [0.29, 0.717) is 12.1 Å². The molecule has 21 heavy (non-hydrogen) atoms. The number of aliphatic carboxylic acids is 1. The molecule has 0 bridgehead atoms. The zero-order valence-corrected chi connectivity index (χ0v) is 11.7. The summed E-state index contributed by atoms with van der Waals surface area (Å²) >= 11 is 0. The van der Waals surface area contributed by atoms with Crippen LogP contribution in [0, 0.1) is 0 Å². The van der Waals surface area contributed by atoms with Crippen LogP contribution >= 0.6 is 0 Å². The first-order chi connectivity index (χ1) is 10.1. The van der Waals surface area contributed by atoms with Gasteiger partial charge >= 0.3 is 5.97 Å². The molecule has 1 amide bonds. The van der Waals surface area contributed by atoms with Crippen molar-refractivity contribution in [2.75, 3.05) is 0 Å². The highest BCUT2D eigenvalue weighted by atomic mass is 16.4. The monoisotopic (exact) mass is 291 g/mol. The minimum absolute atomic E-state index is 0.0306. The fourth-order valence-corrected chi connectivity index (χ4v) is 1.76. The molecule has 2 aromatic rings. The number of rotatable bonds is 7. The van der Waals surface area contributed by atoms with E-state index < -0.39 is 5.97 Å². The Bertz CT molecular complexity index is 631. The predicted molar refractivity (Wildman–Crippen MR) is 73.6 cm³/mol.